The summed E-state index contributed by atoms with van der Waals surface area (Å²) in [5.74, 6) is -0.867. The van der Waals surface area contributed by atoms with Crippen molar-refractivity contribution in [2.24, 2.45) is 10.8 Å². The van der Waals surface area contributed by atoms with Gasteiger partial charge in [-0.1, -0.05) is 149 Å². The van der Waals surface area contributed by atoms with E-state index in [1.165, 1.54) is 0 Å². The van der Waals surface area contributed by atoms with E-state index in [1.54, 1.807) is 11.8 Å². The molecule has 8 heteroatoms. The fourth-order valence-corrected chi connectivity index (χ4v) is 10.5. The molecule has 0 spiro atoms. The highest BCUT2D eigenvalue weighted by molar-refractivity contribution is 6.80. The standard InChI is InChI=1S/C44H48ClNO5Si/c1-7-49-39(47)28-38-41(48)46(37-26-25-31(45)27-36(37)40(50-38)35-24-16-18-30-17-14-15-23-34(30)35)42(44(5,6)29-43(2,3)4)51-52(32-19-10-8-11-20-32)33-21-12-9-13-22-33/h8-27,38,40,42,52H,7,28-29H2,1-6H3/t38-,40-,42?/m1/s1. The molecule has 1 amide bonds. The van der Waals surface area contributed by atoms with Gasteiger partial charge in [0.1, 0.15) is 18.4 Å². The molecule has 1 heterocycles. The van der Waals surface area contributed by atoms with Crippen molar-refractivity contribution in [3.8, 4) is 0 Å². The lowest BCUT2D eigenvalue weighted by molar-refractivity contribution is -0.152. The third kappa shape index (κ3) is 8.34. The quantitative estimate of drug-likeness (QED) is 0.101. The first-order valence-corrected chi connectivity index (χ1v) is 20.0. The van der Waals surface area contributed by atoms with Gasteiger partial charge in [-0.05, 0) is 63.7 Å². The second-order valence-electron chi connectivity index (χ2n) is 15.4. The first-order valence-electron chi connectivity index (χ1n) is 18.0. The molecule has 52 heavy (non-hydrogen) atoms. The summed E-state index contributed by atoms with van der Waals surface area (Å²) < 4.78 is 19.8. The molecule has 0 aliphatic carbocycles. The van der Waals surface area contributed by atoms with E-state index in [0.717, 1.165) is 38.7 Å². The number of carbonyl (C=O) groups is 2. The lowest BCUT2D eigenvalue weighted by atomic mass is 9.74. The summed E-state index contributed by atoms with van der Waals surface area (Å²) >= 11 is 6.79. The van der Waals surface area contributed by atoms with Gasteiger partial charge < -0.3 is 13.9 Å². The maximum atomic E-state index is 15.4. The molecule has 3 atom stereocenters. The van der Waals surface area contributed by atoms with Crippen LogP contribution in [0.2, 0.25) is 5.02 Å². The summed E-state index contributed by atoms with van der Waals surface area (Å²) in [5.41, 5.74) is 1.55. The normalized spacial score (nSPS) is 17.2. The lowest BCUT2D eigenvalue weighted by Crippen LogP contribution is -2.59. The van der Waals surface area contributed by atoms with Crippen LogP contribution in [0.5, 0.6) is 0 Å². The second kappa shape index (κ2) is 15.8. The first kappa shape index (κ1) is 37.5. The highest BCUT2D eigenvalue weighted by Gasteiger charge is 2.48. The fourth-order valence-electron chi connectivity index (χ4n) is 7.78. The van der Waals surface area contributed by atoms with Crippen molar-refractivity contribution in [3.63, 3.8) is 0 Å². The Morgan fingerprint density at radius 1 is 0.827 bits per heavy atom. The molecular formula is C44H48ClNO5Si. The Balaban J connectivity index is 1.60. The smallest absolute Gasteiger partial charge is 0.308 e. The van der Waals surface area contributed by atoms with Crippen molar-refractivity contribution in [3.05, 3.63) is 137 Å². The number of anilines is 1. The molecule has 6 rings (SSSR count). The summed E-state index contributed by atoms with van der Waals surface area (Å²) in [7, 11) is -2.43. The van der Waals surface area contributed by atoms with Crippen molar-refractivity contribution < 1.29 is 23.5 Å². The van der Waals surface area contributed by atoms with E-state index < -0.39 is 38.9 Å². The number of benzene rings is 5. The van der Waals surface area contributed by atoms with Crippen LogP contribution >= 0.6 is 11.6 Å². The molecule has 6 nitrogen and oxygen atoms in total. The number of hydrogen-bond acceptors (Lipinski definition) is 5. The Bertz CT molecular complexity index is 1970. The van der Waals surface area contributed by atoms with E-state index in [1.807, 2.05) is 78.9 Å². The highest BCUT2D eigenvalue weighted by Crippen LogP contribution is 2.46. The minimum absolute atomic E-state index is 0.105. The highest BCUT2D eigenvalue weighted by atomic mass is 35.5. The number of rotatable bonds is 11. The first-order chi connectivity index (χ1) is 24.9. The topological polar surface area (TPSA) is 65.1 Å². The SMILES string of the molecule is CCOC(=O)C[C@H]1O[C@H](c2cccc3ccccc23)c2cc(Cl)ccc2N(C(O[SiH](c2ccccc2)c2ccccc2)C(C)(C)CC(C)(C)C)C1=O. The molecule has 0 fully saturated rings. The van der Waals surface area contributed by atoms with Gasteiger partial charge in [0.2, 0.25) is 9.04 Å². The number of fused-ring (bicyclic) bond motifs is 2. The molecule has 0 N–H and O–H groups in total. The Labute approximate surface area is 314 Å². The van der Waals surface area contributed by atoms with Gasteiger partial charge in [-0.25, -0.2) is 0 Å². The average molecular weight is 734 g/mol. The summed E-state index contributed by atoms with van der Waals surface area (Å²) in [5, 5.41) is 4.72. The average Bonchev–Trinajstić information content (AvgIpc) is 3.22. The predicted molar refractivity (Wildman–Crippen MR) is 213 cm³/mol. The van der Waals surface area contributed by atoms with Gasteiger partial charge in [-0.3, -0.25) is 14.5 Å². The zero-order chi connectivity index (χ0) is 37.0. The van der Waals surface area contributed by atoms with Crippen LogP contribution in [0.3, 0.4) is 0 Å². The van der Waals surface area contributed by atoms with Gasteiger partial charge in [-0.2, -0.15) is 0 Å². The molecular weight excluding hydrogens is 686 g/mol. The Kier molecular flexibility index (Phi) is 11.4. The largest absolute Gasteiger partial charge is 0.466 e. The molecule has 1 aliphatic rings. The molecule has 5 aromatic rings. The Hall–Kier alpha value is -4.27. The maximum Gasteiger partial charge on any atom is 0.308 e. The van der Waals surface area contributed by atoms with Crippen LogP contribution in [0, 0.1) is 10.8 Å². The number of esters is 1. The van der Waals surface area contributed by atoms with Crippen molar-refractivity contribution in [1.29, 1.82) is 0 Å². The third-order valence-corrected chi connectivity index (χ3v) is 12.2. The Morgan fingerprint density at radius 2 is 1.44 bits per heavy atom. The Morgan fingerprint density at radius 3 is 2.08 bits per heavy atom. The van der Waals surface area contributed by atoms with Crippen molar-refractivity contribution in [2.45, 2.75) is 72.8 Å². The number of amides is 1. The van der Waals surface area contributed by atoms with Crippen LogP contribution in [-0.2, 0) is 23.5 Å². The predicted octanol–water partition coefficient (Wildman–Crippen LogP) is 8.61. The van der Waals surface area contributed by atoms with E-state index in [9.17, 15) is 4.79 Å². The molecule has 0 saturated heterocycles. The van der Waals surface area contributed by atoms with Crippen LogP contribution < -0.4 is 15.3 Å². The number of hydrogen-bond donors (Lipinski definition) is 0. The third-order valence-electron chi connectivity index (χ3n) is 9.47. The molecule has 1 unspecified atom stereocenters. The van der Waals surface area contributed by atoms with Crippen molar-refractivity contribution in [2.75, 3.05) is 11.5 Å². The lowest BCUT2D eigenvalue weighted by Gasteiger charge is -2.46. The molecule has 1 aliphatic heterocycles. The number of ether oxygens (including phenoxy) is 2. The number of nitrogens with zero attached hydrogens (tertiary/aromatic N) is 1. The van der Waals surface area contributed by atoms with Crippen LogP contribution in [0.4, 0.5) is 5.69 Å². The van der Waals surface area contributed by atoms with Gasteiger partial charge in [0, 0.05) is 16.0 Å². The van der Waals surface area contributed by atoms with Gasteiger partial charge in [0.15, 0.2) is 0 Å². The minimum Gasteiger partial charge on any atom is -0.466 e. The molecule has 0 bridgehead atoms. The summed E-state index contributed by atoms with van der Waals surface area (Å²) in [6.07, 6.45) is -2.17. The second-order valence-corrected chi connectivity index (χ2v) is 18.2. The van der Waals surface area contributed by atoms with E-state index >= 15 is 4.79 Å². The van der Waals surface area contributed by atoms with E-state index in [0.29, 0.717) is 10.7 Å². The van der Waals surface area contributed by atoms with Crippen LogP contribution in [0.25, 0.3) is 10.8 Å². The summed E-state index contributed by atoms with van der Waals surface area (Å²) in [6, 6.07) is 40.3. The van der Waals surface area contributed by atoms with Gasteiger partial charge in [-0.15, -0.1) is 0 Å². The number of carbonyl (C=O) groups excluding carboxylic acids is 2. The molecule has 0 radical (unpaired) electrons. The molecule has 0 aromatic heterocycles. The molecule has 270 valence electrons. The monoisotopic (exact) mass is 733 g/mol. The molecule has 5 aromatic carbocycles. The van der Waals surface area contributed by atoms with E-state index in [2.05, 4.69) is 77.1 Å². The van der Waals surface area contributed by atoms with Gasteiger partial charge >= 0.3 is 5.97 Å². The zero-order valence-electron chi connectivity index (χ0n) is 30.8. The summed E-state index contributed by atoms with van der Waals surface area (Å²) in [4.78, 5) is 30.4. The minimum atomic E-state index is -2.43. The maximum absolute atomic E-state index is 15.4. The zero-order valence-corrected chi connectivity index (χ0v) is 32.8. The van der Waals surface area contributed by atoms with E-state index in [-0.39, 0.29) is 24.3 Å². The van der Waals surface area contributed by atoms with Gasteiger partial charge in [0.25, 0.3) is 5.91 Å². The van der Waals surface area contributed by atoms with Crippen LogP contribution in [-0.4, -0.2) is 39.9 Å². The van der Waals surface area contributed by atoms with Crippen molar-refractivity contribution in [1.82, 2.24) is 0 Å². The van der Waals surface area contributed by atoms with Crippen molar-refractivity contribution >= 4 is 59.4 Å². The number of halogens is 1. The summed E-state index contributed by atoms with van der Waals surface area (Å²) in [6.45, 7) is 12.9. The van der Waals surface area contributed by atoms with E-state index in [4.69, 9.17) is 25.5 Å². The van der Waals surface area contributed by atoms with Gasteiger partial charge in [0.05, 0.1) is 18.7 Å². The van der Waals surface area contributed by atoms with Crippen LogP contribution in [0.15, 0.2) is 121 Å². The fraction of sp³-hybridized carbons (Fsp3) is 0.318. The van der Waals surface area contributed by atoms with Crippen LogP contribution in [0.1, 0.15) is 71.6 Å². The molecule has 0 saturated carbocycles.